The van der Waals surface area contributed by atoms with Crippen LogP contribution in [0.3, 0.4) is 0 Å². The summed E-state index contributed by atoms with van der Waals surface area (Å²) in [6.45, 7) is 20.3. The number of hydrogen-bond acceptors (Lipinski definition) is 8. The van der Waals surface area contributed by atoms with Gasteiger partial charge in [-0.25, -0.2) is 9.59 Å². The van der Waals surface area contributed by atoms with E-state index in [4.69, 9.17) is 9.47 Å². The predicted octanol–water partition coefficient (Wildman–Crippen LogP) is 6.88. The van der Waals surface area contributed by atoms with Crippen molar-refractivity contribution in [3.05, 3.63) is 0 Å². The second-order valence-corrected chi connectivity index (χ2v) is 17.0. The van der Waals surface area contributed by atoms with Gasteiger partial charge in [0, 0.05) is 56.8 Å². The van der Waals surface area contributed by atoms with Gasteiger partial charge >= 0.3 is 18.4 Å². The number of nitrogens with zero attached hydrogens (tertiary/aromatic N) is 4. The summed E-state index contributed by atoms with van der Waals surface area (Å²) >= 11 is 0. The van der Waals surface area contributed by atoms with E-state index in [0.717, 1.165) is 64.6 Å². The number of aliphatic hydroxyl groups is 1. The van der Waals surface area contributed by atoms with Gasteiger partial charge in [-0.2, -0.15) is 13.2 Å². The summed E-state index contributed by atoms with van der Waals surface area (Å²) in [5.74, 6) is 0.660. The molecule has 0 radical (unpaired) electrons. The van der Waals surface area contributed by atoms with Gasteiger partial charge < -0.3 is 29.2 Å². The Bertz CT molecular complexity index is 1100. The highest BCUT2D eigenvalue weighted by Crippen LogP contribution is 2.34. The number of amides is 2. The number of halogens is 3. The monoisotopic (exact) mass is 718 g/mol. The Hall–Kier alpha value is -2.12. The molecular weight excluding hydrogens is 653 g/mol. The second kappa shape index (κ2) is 18.1. The molecule has 0 aromatic carbocycles. The van der Waals surface area contributed by atoms with Crippen LogP contribution in [0.25, 0.3) is 0 Å². The Morgan fingerprint density at radius 2 is 1.16 bits per heavy atom. The largest absolute Gasteiger partial charge is 0.444 e. The van der Waals surface area contributed by atoms with Crippen molar-refractivity contribution in [2.75, 3.05) is 39.3 Å². The Morgan fingerprint density at radius 1 is 0.740 bits per heavy atom. The molecule has 0 aromatic rings. The molecule has 0 spiro atoms. The minimum absolute atomic E-state index is 0.0718. The van der Waals surface area contributed by atoms with Crippen LogP contribution in [0.1, 0.15) is 120 Å². The summed E-state index contributed by atoms with van der Waals surface area (Å²) in [7, 11) is 0. The SMILES string of the molecule is CC1CN(C(=O)OC(C)(C)C)CCC1N1CCC[C@H]1CCC(O)C(F)(F)F.CC1CN(C(=O)OC(C)(C)C)CCC1N1CCC[C@H]1CCC=O. The number of carbonyl (C=O) groups excluding carboxylic acids is 3. The maximum Gasteiger partial charge on any atom is 0.414 e. The van der Waals surface area contributed by atoms with E-state index in [-0.39, 0.29) is 36.6 Å². The Balaban J connectivity index is 0.000000274. The molecule has 4 fully saturated rings. The molecule has 290 valence electrons. The molecule has 4 heterocycles. The van der Waals surface area contributed by atoms with E-state index in [9.17, 15) is 32.7 Å². The zero-order chi connectivity index (χ0) is 37.4. The lowest BCUT2D eigenvalue weighted by Gasteiger charge is -2.43. The van der Waals surface area contributed by atoms with Crippen molar-refractivity contribution in [1.29, 1.82) is 0 Å². The number of piperidine rings is 2. The zero-order valence-electron chi connectivity index (χ0n) is 31.8. The van der Waals surface area contributed by atoms with Gasteiger partial charge in [0.15, 0.2) is 0 Å². The fraction of sp³-hybridized carbons (Fsp3) is 0.919. The maximum absolute atomic E-state index is 12.6. The number of likely N-dealkylation sites (tertiary alicyclic amines) is 4. The standard InChI is InChI=1S/C19H33F3N2O3.C18H32N2O3/c1-13-12-23(17(26)27-18(2,3)4)11-9-15(13)24-10-5-6-14(24)7-8-16(25)19(20,21)22;1-14-13-19(17(22)23-18(2,3)4)11-9-16(14)20-10-5-7-15(20)8-6-12-21/h13-16,25H,5-12H2,1-4H3;12,14-16H,5-11,13H2,1-4H3/t13?,14-,15?,16?;14?,15-,16?/m00/s1. The molecule has 4 rings (SSSR count). The molecule has 0 bridgehead atoms. The summed E-state index contributed by atoms with van der Waals surface area (Å²) in [5, 5.41) is 9.28. The number of alkyl halides is 3. The molecule has 10 nitrogen and oxygen atoms in total. The van der Waals surface area contributed by atoms with E-state index in [1.165, 1.54) is 12.8 Å². The predicted molar refractivity (Wildman–Crippen MR) is 187 cm³/mol. The molecule has 1 N–H and O–H groups in total. The lowest BCUT2D eigenvalue weighted by Crippen LogP contribution is -2.53. The van der Waals surface area contributed by atoms with Crippen molar-refractivity contribution in [3.8, 4) is 0 Å². The lowest BCUT2D eigenvalue weighted by atomic mass is 9.91. The Morgan fingerprint density at radius 3 is 1.52 bits per heavy atom. The summed E-state index contributed by atoms with van der Waals surface area (Å²) in [6.07, 6.45) is 1.51. The third-order valence-corrected chi connectivity index (χ3v) is 10.5. The fourth-order valence-corrected chi connectivity index (χ4v) is 8.22. The van der Waals surface area contributed by atoms with Crippen LogP contribution in [0.2, 0.25) is 0 Å². The first-order chi connectivity index (χ1) is 23.2. The molecule has 13 heteroatoms. The van der Waals surface area contributed by atoms with Crippen LogP contribution in [-0.2, 0) is 14.3 Å². The minimum Gasteiger partial charge on any atom is -0.444 e. The van der Waals surface area contributed by atoms with Gasteiger partial charge in [-0.15, -0.1) is 0 Å². The number of hydrogen-bond donors (Lipinski definition) is 1. The van der Waals surface area contributed by atoms with Gasteiger partial charge in [0.25, 0.3) is 0 Å². The topological polar surface area (TPSA) is 103 Å². The first-order valence-corrected chi connectivity index (χ1v) is 18.9. The summed E-state index contributed by atoms with van der Waals surface area (Å²) in [6, 6.07) is 1.38. The highest BCUT2D eigenvalue weighted by atomic mass is 19.4. The van der Waals surface area contributed by atoms with Crippen LogP contribution in [0, 0.1) is 11.8 Å². The molecular formula is C37H65F3N4O6. The summed E-state index contributed by atoms with van der Waals surface area (Å²) < 4.78 is 48.6. The lowest BCUT2D eigenvalue weighted by molar-refractivity contribution is -0.206. The average Bonchev–Trinajstić information content (AvgIpc) is 3.66. The van der Waals surface area contributed by atoms with Crippen molar-refractivity contribution in [2.45, 2.75) is 167 Å². The van der Waals surface area contributed by atoms with Crippen LogP contribution >= 0.6 is 0 Å². The highest BCUT2D eigenvalue weighted by Gasteiger charge is 2.42. The normalized spacial score (nSPS) is 29.3. The van der Waals surface area contributed by atoms with Gasteiger partial charge in [-0.3, -0.25) is 9.80 Å². The molecule has 4 aliphatic heterocycles. The van der Waals surface area contributed by atoms with Gasteiger partial charge in [0.05, 0.1) is 0 Å². The molecule has 5 unspecified atom stereocenters. The third-order valence-electron chi connectivity index (χ3n) is 10.5. The number of rotatable bonds is 8. The van der Waals surface area contributed by atoms with Crippen molar-refractivity contribution in [2.24, 2.45) is 11.8 Å². The number of aliphatic hydroxyl groups excluding tert-OH is 1. The van der Waals surface area contributed by atoms with Crippen LogP contribution in [0.4, 0.5) is 22.8 Å². The molecule has 4 aliphatic rings. The van der Waals surface area contributed by atoms with Gasteiger partial charge in [-0.05, 0) is 124 Å². The van der Waals surface area contributed by atoms with Crippen LogP contribution < -0.4 is 0 Å². The molecule has 0 aliphatic carbocycles. The van der Waals surface area contributed by atoms with Crippen LogP contribution in [-0.4, -0.2) is 130 Å². The zero-order valence-corrected chi connectivity index (χ0v) is 31.8. The van der Waals surface area contributed by atoms with E-state index >= 15 is 0 Å². The Labute approximate surface area is 298 Å². The molecule has 50 heavy (non-hydrogen) atoms. The minimum atomic E-state index is -4.55. The van der Waals surface area contributed by atoms with E-state index in [1.807, 2.05) is 46.4 Å². The maximum atomic E-state index is 12.6. The van der Waals surface area contributed by atoms with E-state index in [0.29, 0.717) is 43.9 Å². The van der Waals surface area contributed by atoms with Crippen molar-refractivity contribution < 1.29 is 42.1 Å². The highest BCUT2D eigenvalue weighted by molar-refractivity contribution is 5.68. The van der Waals surface area contributed by atoms with Crippen LogP contribution in [0.15, 0.2) is 0 Å². The van der Waals surface area contributed by atoms with E-state index < -0.39 is 23.5 Å². The number of carbonyl (C=O) groups is 3. The molecule has 0 saturated carbocycles. The molecule has 4 saturated heterocycles. The number of aldehydes is 1. The summed E-state index contributed by atoms with van der Waals surface area (Å²) in [5.41, 5.74) is -0.970. The average molecular weight is 719 g/mol. The van der Waals surface area contributed by atoms with Gasteiger partial charge in [0.1, 0.15) is 23.6 Å². The van der Waals surface area contributed by atoms with Crippen molar-refractivity contribution in [1.82, 2.24) is 19.6 Å². The van der Waals surface area contributed by atoms with E-state index in [2.05, 4.69) is 23.6 Å². The first-order valence-electron chi connectivity index (χ1n) is 18.9. The third kappa shape index (κ3) is 12.8. The van der Waals surface area contributed by atoms with Gasteiger partial charge in [0.2, 0.25) is 0 Å². The van der Waals surface area contributed by atoms with Crippen molar-refractivity contribution >= 4 is 18.5 Å². The molecule has 7 atom stereocenters. The second-order valence-electron chi connectivity index (χ2n) is 17.0. The van der Waals surface area contributed by atoms with Crippen molar-refractivity contribution in [3.63, 3.8) is 0 Å². The smallest absolute Gasteiger partial charge is 0.414 e. The van der Waals surface area contributed by atoms with Crippen LogP contribution in [0.5, 0.6) is 0 Å². The molecule has 0 aromatic heterocycles. The summed E-state index contributed by atoms with van der Waals surface area (Å²) in [4.78, 5) is 43.7. The molecule has 2 amide bonds. The first kappa shape index (κ1) is 42.3. The fourth-order valence-electron chi connectivity index (χ4n) is 8.22. The van der Waals surface area contributed by atoms with Gasteiger partial charge in [-0.1, -0.05) is 13.8 Å². The van der Waals surface area contributed by atoms with E-state index in [1.54, 1.807) is 4.90 Å². The Kier molecular flexibility index (Phi) is 15.3. The quantitative estimate of drug-likeness (QED) is 0.271. The number of ether oxygens (including phenoxy) is 2.